The summed E-state index contributed by atoms with van der Waals surface area (Å²) in [7, 11) is 0. The predicted molar refractivity (Wildman–Crippen MR) is 91.8 cm³/mol. The van der Waals surface area contributed by atoms with E-state index in [9.17, 15) is 4.79 Å². The monoisotopic (exact) mass is 328 g/mol. The second kappa shape index (κ2) is 6.48. The van der Waals surface area contributed by atoms with E-state index in [0.29, 0.717) is 6.54 Å². The van der Waals surface area contributed by atoms with Crippen LogP contribution >= 0.6 is 0 Å². The molecule has 1 spiro atoms. The van der Waals surface area contributed by atoms with Gasteiger partial charge in [0.2, 0.25) is 0 Å². The molecule has 5 nitrogen and oxygen atoms in total. The first-order valence-electron chi connectivity index (χ1n) is 8.88. The van der Waals surface area contributed by atoms with Crippen molar-refractivity contribution < 1.29 is 13.9 Å². The molecule has 2 aliphatic rings. The minimum atomic E-state index is -0.111. The van der Waals surface area contributed by atoms with Gasteiger partial charge in [0, 0.05) is 30.1 Å². The molecular formula is C19H24N2O3. The van der Waals surface area contributed by atoms with Crippen LogP contribution in [0.2, 0.25) is 0 Å². The maximum atomic E-state index is 12.3. The number of carbonyl (C=O) groups excluding carboxylic acids is 1. The Bertz CT molecular complexity index is 718. The van der Waals surface area contributed by atoms with Gasteiger partial charge in [-0.2, -0.15) is 0 Å². The summed E-state index contributed by atoms with van der Waals surface area (Å²) in [4.78, 5) is 12.3. The zero-order chi connectivity index (χ0) is 16.4. The Labute approximate surface area is 141 Å². The average Bonchev–Trinajstić information content (AvgIpc) is 3.20. The molecule has 1 saturated carbocycles. The van der Waals surface area contributed by atoms with Crippen molar-refractivity contribution in [3.05, 3.63) is 36.1 Å². The molecule has 1 aliphatic carbocycles. The summed E-state index contributed by atoms with van der Waals surface area (Å²) in [5.74, 6) is 0. The molecule has 1 aliphatic heterocycles. The third-order valence-electron chi connectivity index (χ3n) is 5.34. The number of hydrogen-bond donors (Lipinski definition) is 2. The molecule has 0 radical (unpaired) electrons. The van der Waals surface area contributed by atoms with Gasteiger partial charge < -0.3 is 19.8 Å². The van der Waals surface area contributed by atoms with Gasteiger partial charge in [0.15, 0.2) is 0 Å². The van der Waals surface area contributed by atoms with Gasteiger partial charge in [0.1, 0.15) is 5.58 Å². The summed E-state index contributed by atoms with van der Waals surface area (Å²) in [6.07, 6.45) is 8.30. The number of nitrogens with one attached hydrogen (secondary N) is 2. The molecule has 2 aromatic rings. The zero-order valence-electron chi connectivity index (χ0n) is 13.8. The van der Waals surface area contributed by atoms with Crippen molar-refractivity contribution >= 4 is 17.0 Å². The molecule has 1 atom stereocenters. The van der Waals surface area contributed by atoms with Gasteiger partial charge in [-0.15, -0.1) is 0 Å². The normalized spacial score (nSPS) is 22.8. The summed E-state index contributed by atoms with van der Waals surface area (Å²) < 4.78 is 11.5. The SMILES string of the molecule is O=C(NCc1coc2ccccc12)N[C@H]1CCOC2(CCCC2)C1. The van der Waals surface area contributed by atoms with Crippen LogP contribution in [-0.2, 0) is 11.3 Å². The van der Waals surface area contributed by atoms with E-state index in [1.807, 2.05) is 24.3 Å². The molecule has 2 heterocycles. The van der Waals surface area contributed by atoms with Crippen molar-refractivity contribution in [1.29, 1.82) is 0 Å². The highest BCUT2D eigenvalue weighted by molar-refractivity contribution is 5.81. The highest BCUT2D eigenvalue weighted by Gasteiger charge is 2.40. The first-order chi connectivity index (χ1) is 11.7. The Morgan fingerprint density at radius 2 is 2.08 bits per heavy atom. The van der Waals surface area contributed by atoms with Crippen molar-refractivity contribution in [3.8, 4) is 0 Å². The number of para-hydroxylation sites is 1. The summed E-state index contributed by atoms with van der Waals surface area (Å²) in [6, 6.07) is 7.96. The molecule has 24 heavy (non-hydrogen) atoms. The third kappa shape index (κ3) is 3.13. The van der Waals surface area contributed by atoms with Crippen LogP contribution in [0, 0.1) is 0 Å². The third-order valence-corrected chi connectivity index (χ3v) is 5.34. The Hall–Kier alpha value is -2.01. The molecule has 2 N–H and O–H groups in total. The molecule has 1 aromatic heterocycles. The van der Waals surface area contributed by atoms with E-state index in [4.69, 9.17) is 9.15 Å². The molecule has 2 amide bonds. The van der Waals surface area contributed by atoms with E-state index in [0.717, 1.165) is 48.8 Å². The van der Waals surface area contributed by atoms with Crippen molar-refractivity contribution in [3.63, 3.8) is 0 Å². The van der Waals surface area contributed by atoms with Crippen LogP contribution in [0.4, 0.5) is 4.79 Å². The standard InChI is InChI=1S/C19H24N2O3/c22-18(20-12-14-13-23-17-6-2-1-5-16(14)17)21-15-7-10-24-19(11-15)8-3-4-9-19/h1-2,5-6,13,15H,3-4,7-12H2,(H2,20,21,22)/t15-/m0/s1. The van der Waals surface area contributed by atoms with E-state index in [1.165, 1.54) is 12.8 Å². The maximum absolute atomic E-state index is 12.3. The van der Waals surface area contributed by atoms with Crippen LogP contribution in [0.1, 0.15) is 44.1 Å². The fourth-order valence-electron chi connectivity index (χ4n) is 4.10. The Morgan fingerprint density at radius 1 is 1.25 bits per heavy atom. The van der Waals surface area contributed by atoms with Gasteiger partial charge in [-0.05, 0) is 31.7 Å². The number of rotatable bonds is 3. The largest absolute Gasteiger partial charge is 0.464 e. The molecule has 4 rings (SSSR count). The Kier molecular flexibility index (Phi) is 4.19. The lowest BCUT2D eigenvalue weighted by Gasteiger charge is -2.38. The highest BCUT2D eigenvalue weighted by Crippen LogP contribution is 2.39. The van der Waals surface area contributed by atoms with Crippen LogP contribution < -0.4 is 10.6 Å². The van der Waals surface area contributed by atoms with E-state index in [1.54, 1.807) is 6.26 Å². The maximum Gasteiger partial charge on any atom is 0.315 e. The first kappa shape index (κ1) is 15.5. The number of hydrogen-bond acceptors (Lipinski definition) is 3. The van der Waals surface area contributed by atoms with E-state index in [2.05, 4.69) is 10.6 Å². The van der Waals surface area contributed by atoms with E-state index >= 15 is 0 Å². The molecule has 128 valence electrons. The molecule has 1 saturated heterocycles. The van der Waals surface area contributed by atoms with Crippen LogP contribution in [0.5, 0.6) is 0 Å². The van der Waals surface area contributed by atoms with Gasteiger partial charge in [0.25, 0.3) is 0 Å². The molecular weight excluding hydrogens is 304 g/mol. The fraction of sp³-hybridized carbons (Fsp3) is 0.526. The van der Waals surface area contributed by atoms with Gasteiger partial charge in [-0.1, -0.05) is 31.0 Å². The van der Waals surface area contributed by atoms with Gasteiger partial charge in [-0.25, -0.2) is 4.79 Å². The number of furan rings is 1. The highest BCUT2D eigenvalue weighted by atomic mass is 16.5. The number of urea groups is 1. The smallest absolute Gasteiger partial charge is 0.315 e. The number of carbonyl (C=O) groups is 1. The quantitative estimate of drug-likeness (QED) is 0.902. The van der Waals surface area contributed by atoms with Crippen molar-refractivity contribution in [2.45, 2.75) is 56.7 Å². The zero-order valence-corrected chi connectivity index (χ0v) is 13.8. The first-order valence-corrected chi connectivity index (χ1v) is 8.88. The summed E-state index contributed by atoms with van der Waals surface area (Å²) >= 11 is 0. The lowest BCUT2D eigenvalue weighted by molar-refractivity contribution is -0.0820. The second-order valence-corrected chi connectivity index (χ2v) is 7.01. The second-order valence-electron chi connectivity index (χ2n) is 7.01. The van der Waals surface area contributed by atoms with Gasteiger partial charge >= 0.3 is 6.03 Å². The van der Waals surface area contributed by atoms with Gasteiger partial charge in [0.05, 0.1) is 11.9 Å². The van der Waals surface area contributed by atoms with E-state index < -0.39 is 0 Å². The summed E-state index contributed by atoms with van der Waals surface area (Å²) in [5, 5.41) is 7.12. The molecule has 2 fully saturated rings. The van der Waals surface area contributed by atoms with Gasteiger partial charge in [-0.3, -0.25) is 0 Å². The average molecular weight is 328 g/mol. The van der Waals surface area contributed by atoms with Crippen LogP contribution in [-0.4, -0.2) is 24.3 Å². The van der Waals surface area contributed by atoms with Crippen LogP contribution in [0.25, 0.3) is 11.0 Å². The van der Waals surface area contributed by atoms with Crippen LogP contribution in [0.3, 0.4) is 0 Å². The Balaban J connectivity index is 1.32. The molecule has 0 unspecified atom stereocenters. The van der Waals surface area contributed by atoms with Crippen molar-refractivity contribution in [2.75, 3.05) is 6.61 Å². The summed E-state index contributed by atoms with van der Waals surface area (Å²) in [6.45, 7) is 1.22. The molecule has 0 bridgehead atoms. The lowest BCUT2D eigenvalue weighted by Crippen LogP contribution is -2.49. The van der Waals surface area contributed by atoms with Crippen molar-refractivity contribution in [2.24, 2.45) is 0 Å². The molecule has 1 aromatic carbocycles. The topological polar surface area (TPSA) is 63.5 Å². The minimum Gasteiger partial charge on any atom is -0.464 e. The number of fused-ring (bicyclic) bond motifs is 1. The van der Waals surface area contributed by atoms with Crippen LogP contribution in [0.15, 0.2) is 34.9 Å². The number of ether oxygens (including phenoxy) is 1. The lowest BCUT2D eigenvalue weighted by atomic mass is 9.89. The summed E-state index contributed by atoms with van der Waals surface area (Å²) in [5.41, 5.74) is 1.87. The van der Waals surface area contributed by atoms with E-state index in [-0.39, 0.29) is 17.7 Å². The Morgan fingerprint density at radius 3 is 2.96 bits per heavy atom. The number of benzene rings is 1. The predicted octanol–water partition coefficient (Wildman–Crippen LogP) is 3.72. The van der Waals surface area contributed by atoms with Crippen molar-refractivity contribution in [1.82, 2.24) is 10.6 Å². The minimum absolute atomic E-state index is 0.0248. The molecule has 5 heteroatoms. The number of amides is 2. The fourth-order valence-corrected chi connectivity index (χ4v) is 4.10.